The van der Waals surface area contributed by atoms with Crippen LogP contribution in [0.3, 0.4) is 0 Å². The van der Waals surface area contributed by atoms with Gasteiger partial charge in [0.1, 0.15) is 0 Å². The Balaban J connectivity index is 2.17. The fraction of sp³-hybridized carbons (Fsp3) is 0. The maximum absolute atomic E-state index is 4.31. The molecule has 1 radical (unpaired) electrons. The summed E-state index contributed by atoms with van der Waals surface area (Å²) in [5.41, 5.74) is 2.79. The number of hydrogen-bond donors (Lipinski definition) is 1. The summed E-state index contributed by atoms with van der Waals surface area (Å²) in [5, 5.41) is 8.21. The second-order valence-electron chi connectivity index (χ2n) is 3.15. The zero-order chi connectivity index (χ0) is 10.3. The van der Waals surface area contributed by atoms with E-state index in [4.69, 9.17) is 0 Å². The highest BCUT2D eigenvalue weighted by Gasteiger charge is 2.05. The van der Waals surface area contributed by atoms with Gasteiger partial charge < -0.3 is 4.98 Å². The number of benzene rings is 1. The summed E-state index contributed by atoms with van der Waals surface area (Å²) < 4.78 is 2.56. The van der Waals surface area contributed by atoms with E-state index in [1.165, 1.54) is 4.63 Å². The highest BCUT2D eigenvalue weighted by molar-refractivity contribution is 9.10. The molecule has 0 saturated heterocycles. The van der Waals surface area contributed by atoms with Crippen LogP contribution < -0.4 is 0 Å². The van der Waals surface area contributed by atoms with E-state index in [1.54, 1.807) is 0 Å². The molecule has 0 saturated carbocycles. The van der Waals surface area contributed by atoms with E-state index in [-0.39, 0.29) is 0 Å². The standard InChI is InChI=1S/C10H6BrN4/c11-8-3-1-2-7(4-8)9-5-10-12-6-13-15(10)14-9/h1-5H,(H,12,13). The lowest BCUT2D eigenvalue weighted by atomic mass is 10.2. The van der Waals surface area contributed by atoms with Crippen LogP contribution in [-0.2, 0) is 0 Å². The zero-order valence-electron chi connectivity index (χ0n) is 7.61. The lowest BCUT2D eigenvalue weighted by molar-refractivity contribution is 0.822. The lowest BCUT2D eigenvalue weighted by Crippen LogP contribution is -1.86. The predicted octanol–water partition coefficient (Wildman–Crippen LogP) is 2.29. The molecule has 0 aliphatic carbocycles. The molecule has 0 amide bonds. The molecular weight excluding hydrogens is 256 g/mol. The van der Waals surface area contributed by atoms with Gasteiger partial charge in [0.2, 0.25) is 0 Å². The van der Waals surface area contributed by atoms with Gasteiger partial charge in [0.15, 0.2) is 12.0 Å². The highest BCUT2D eigenvalue weighted by Crippen LogP contribution is 2.22. The number of aromatic nitrogens is 4. The van der Waals surface area contributed by atoms with Crippen LogP contribution in [0, 0.1) is 6.33 Å². The van der Waals surface area contributed by atoms with Crippen molar-refractivity contribution in [1.29, 1.82) is 0 Å². The van der Waals surface area contributed by atoms with Crippen molar-refractivity contribution in [2.24, 2.45) is 0 Å². The van der Waals surface area contributed by atoms with E-state index in [0.29, 0.717) is 0 Å². The van der Waals surface area contributed by atoms with E-state index in [1.807, 2.05) is 30.3 Å². The van der Waals surface area contributed by atoms with Crippen LogP contribution in [0.15, 0.2) is 34.8 Å². The van der Waals surface area contributed by atoms with Crippen molar-refractivity contribution >= 4 is 21.6 Å². The first-order chi connectivity index (χ1) is 7.33. The van der Waals surface area contributed by atoms with E-state index in [0.717, 1.165) is 21.4 Å². The number of rotatable bonds is 1. The normalized spacial score (nSPS) is 11.0. The molecule has 3 rings (SSSR count). The molecule has 2 aromatic heterocycles. The van der Waals surface area contributed by atoms with Crippen LogP contribution in [0.2, 0.25) is 0 Å². The predicted molar refractivity (Wildman–Crippen MR) is 59.3 cm³/mol. The summed E-state index contributed by atoms with van der Waals surface area (Å²) in [6.45, 7) is 0. The molecule has 0 bridgehead atoms. The Kier molecular flexibility index (Phi) is 1.85. The highest BCUT2D eigenvalue weighted by atomic mass is 79.9. The number of hydrogen-bond acceptors (Lipinski definition) is 2. The van der Waals surface area contributed by atoms with Gasteiger partial charge in [-0.25, -0.2) is 0 Å². The minimum Gasteiger partial charge on any atom is -0.319 e. The van der Waals surface area contributed by atoms with E-state index in [9.17, 15) is 0 Å². The molecule has 0 aliphatic heterocycles. The van der Waals surface area contributed by atoms with Crippen LogP contribution in [0.5, 0.6) is 0 Å². The summed E-state index contributed by atoms with van der Waals surface area (Å²) in [6.07, 6.45) is 2.62. The average Bonchev–Trinajstić information content (AvgIpc) is 2.76. The van der Waals surface area contributed by atoms with Gasteiger partial charge in [0.25, 0.3) is 0 Å². The molecule has 1 aromatic carbocycles. The van der Waals surface area contributed by atoms with Crippen molar-refractivity contribution in [2.75, 3.05) is 0 Å². The first kappa shape index (κ1) is 8.67. The third-order valence-corrected chi connectivity index (χ3v) is 2.63. The quantitative estimate of drug-likeness (QED) is 0.731. The number of halogens is 1. The van der Waals surface area contributed by atoms with Crippen LogP contribution in [0.4, 0.5) is 0 Å². The minimum absolute atomic E-state index is 0.838. The maximum atomic E-state index is 4.31. The Morgan fingerprint density at radius 2 is 2.27 bits per heavy atom. The monoisotopic (exact) mass is 261 g/mol. The van der Waals surface area contributed by atoms with Crippen molar-refractivity contribution in [3.63, 3.8) is 0 Å². The second-order valence-corrected chi connectivity index (χ2v) is 4.07. The SMILES string of the molecule is Brc1cccc(-c2cc3[nH][c]nn3n2)c1. The van der Waals surface area contributed by atoms with E-state index >= 15 is 0 Å². The summed E-state index contributed by atoms with van der Waals surface area (Å²) in [5.74, 6) is 0. The largest absolute Gasteiger partial charge is 0.319 e. The van der Waals surface area contributed by atoms with Gasteiger partial charge in [-0.1, -0.05) is 28.1 Å². The molecule has 3 aromatic rings. The van der Waals surface area contributed by atoms with Gasteiger partial charge in [0, 0.05) is 16.1 Å². The van der Waals surface area contributed by atoms with Crippen LogP contribution in [-0.4, -0.2) is 19.8 Å². The molecule has 0 atom stereocenters. The molecule has 0 unspecified atom stereocenters. The summed E-state index contributed by atoms with van der Waals surface area (Å²) in [4.78, 5) is 2.88. The van der Waals surface area contributed by atoms with Gasteiger partial charge in [-0.05, 0) is 12.1 Å². The number of nitrogens with zero attached hydrogens (tertiary/aromatic N) is 3. The average molecular weight is 262 g/mol. The van der Waals surface area contributed by atoms with Gasteiger partial charge in [-0.3, -0.25) is 0 Å². The molecule has 15 heavy (non-hydrogen) atoms. The van der Waals surface area contributed by atoms with E-state index in [2.05, 4.69) is 37.4 Å². The Morgan fingerprint density at radius 3 is 3.07 bits per heavy atom. The second kappa shape index (κ2) is 3.20. The smallest absolute Gasteiger partial charge is 0.199 e. The third kappa shape index (κ3) is 1.45. The van der Waals surface area contributed by atoms with Crippen LogP contribution in [0.1, 0.15) is 0 Å². The maximum Gasteiger partial charge on any atom is 0.199 e. The molecule has 73 valence electrons. The Labute approximate surface area is 94.1 Å². The van der Waals surface area contributed by atoms with Crippen LogP contribution in [0.25, 0.3) is 16.9 Å². The zero-order valence-corrected chi connectivity index (χ0v) is 9.19. The third-order valence-electron chi connectivity index (χ3n) is 2.14. The molecule has 4 nitrogen and oxygen atoms in total. The minimum atomic E-state index is 0.838. The summed E-state index contributed by atoms with van der Waals surface area (Å²) in [7, 11) is 0. The molecule has 2 heterocycles. The number of H-pyrrole nitrogens is 1. The summed E-state index contributed by atoms with van der Waals surface area (Å²) >= 11 is 3.43. The number of aromatic amines is 1. The molecule has 0 spiro atoms. The number of nitrogens with one attached hydrogen (secondary N) is 1. The Morgan fingerprint density at radius 1 is 1.33 bits per heavy atom. The summed E-state index contributed by atoms with van der Waals surface area (Å²) in [6, 6.07) is 9.93. The fourth-order valence-electron chi connectivity index (χ4n) is 1.45. The first-order valence-electron chi connectivity index (χ1n) is 4.41. The van der Waals surface area contributed by atoms with Crippen molar-refractivity contribution < 1.29 is 0 Å². The van der Waals surface area contributed by atoms with Gasteiger partial charge in [-0.2, -0.15) is 0 Å². The van der Waals surface area contributed by atoms with E-state index < -0.39 is 0 Å². The van der Waals surface area contributed by atoms with Gasteiger partial charge >= 0.3 is 0 Å². The van der Waals surface area contributed by atoms with Crippen molar-refractivity contribution in [3.8, 4) is 11.3 Å². The molecule has 5 heteroatoms. The first-order valence-corrected chi connectivity index (χ1v) is 5.20. The van der Waals surface area contributed by atoms with Crippen molar-refractivity contribution in [3.05, 3.63) is 41.1 Å². The van der Waals surface area contributed by atoms with Crippen molar-refractivity contribution in [2.45, 2.75) is 0 Å². The molecule has 0 fully saturated rings. The Hall–Kier alpha value is -1.62. The van der Waals surface area contributed by atoms with Crippen molar-refractivity contribution in [1.82, 2.24) is 19.8 Å². The topological polar surface area (TPSA) is 46.0 Å². The molecule has 0 aliphatic rings. The van der Waals surface area contributed by atoms with Crippen LogP contribution >= 0.6 is 15.9 Å². The number of fused-ring (bicyclic) bond motifs is 1. The van der Waals surface area contributed by atoms with Gasteiger partial charge in [-0.15, -0.1) is 14.8 Å². The lowest BCUT2D eigenvalue weighted by Gasteiger charge is -1.95. The Bertz CT molecular complexity index is 582. The molecular formula is C10H6BrN4. The fourth-order valence-corrected chi connectivity index (χ4v) is 1.85. The van der Waals surface area contributed by atoms with Gasteiger partial charge in [0.05, 0.1) is 5.69 Å². The molecule has 1 N–H and O–H groups in total.